The van der Waals surface area contributed by atoms with Gasteiger partial charge in [0.15, 0.2) is 0 Å². The van der Waals surface area contributed by atoms with Crippen molar-refractivity contribution in [1.82, 2.24) is 10.2 Å². The van der Waals surface area contributed by atoms with E-state index in [1.54, 1.807) is 25.7 Å². The maximum absolute atomic E-state index is 14.1. The Hall–Kier alpha value is -3.35. The van der Waals surface area contributed by atoms with E-state index in [0.29, 0.717) is 24.9 Å². The van der Waals surface area contributed by atoms with E-state index in [1.165, 1.54) is 0 Å². The molecular weight excluding hydrogens is 466 g/mol. The maximum Gasteiger partial charge on any atom is 0.408 e. The first-order chi connectivity index (χ1) is 17.3. The number of alkyl carbamates (subject to hydrolysis) is 1. The molecule has 0 fully saturated rings. The van der Waals surface area contributed by atoms with Crippen LogP contribution in [0, 0.1) is 19.8 Å². The minimum absolute atomic E-state index is 0.131. The van der Waals surface area contributed by atoms with Gasteiger partial charge in [0.05, 0.1) is 0 Å². The summed E-state index contributed by atoms with van der Waals surface area (Å²) in [6.07, 6.45) is 0.407. The number of benzene rings is 2. The van der Waals surface area contributed by atoms with E-state index < -0.39 is 23.8 Å². The zero-order chi connectivity index (χ0) is 27.8. The topological polar surface area (TPSA) is 87.7 Å². The van der Waals surface area contributed by atoms with Crippen LogP contribution in [0.15, 0.2) is 48.5 Å². The first kappa shape index (κ1) is 29.9. The molecule has 0 bridgehead atoms. The Kier molecular flexibility index (Phi) is 10.7. The molecule has 37 heavy (non-hydrogen) atoms. The number of carbonyl (C=O) groups is 3. The standard InChI is InChI=1S/C30H43N3O4/c1-9-18-33(28(35)24(19-20(2)3)31-29(36)37-30(6,7)8)26(23-16-11-10-12-17-23)27(34)32-25-21(4)14-13-15-22(25)5/h10-17,20,24,26H,9,18-19H2,1-8H3,(H,31,36)(H,32,34). The Labute approximate surface area is 222 Å². The number of anilines is 1. The van der Waals surface area contributed by atoms with Crippen molar-refractivity contribution in [3.63, 3.8) is 0 Å². The highest BCUT2D eigenvalue weighted by atomic mass is 16.6. The summed E-state index contributed by atoms with van der Waals surface area (Å²) in [7, 11) is 0. The van der Waals surface area contributed by atoms with Crippen LogP contribution in [0.25, 0.3) is 0 Å². The van der Waals surface area contributed by atoms with Crippen molar-refractivity contribution in [1.29, 1.82) is 0 Å². The van der Waals surface area contributed by atoms with E-state index in [0.717, 1.165) is 16.8 Å². The molecular formula is C30H43N3O4. The molecule has 0 aliphatic heterocycles. The van der Waals surface area contributed by atoms with Crippen molar-refractivity contribution in [2.75, 3.05) is 11.9 Å². The quantitative estimate of drug-likeness (QED) is 0.401. The summed E-state index contributed by atoms with van der Waals surface area (Å²) < 4.78 is 5.44. The molecule has 0 aliphatic rings. The van der Waals surface area contributed by atoms with Crippen molar-refractivity contribution in [2.24, 2.45) is 5.92 Å². The van der Waals surface area contributed by atoms with Gasteiger partial charge < -0.3 is 20.3 Å². The molecule has 0 heterocycles. The summed E-state index contributed by atoms with van der Waals surface area (Å²) >= 11 is 0. The molecule has 7 heteroatoms. The van der Waals surface area contributed by atoms with Crippen LogP contribution in [0.4, 0.5) is 10.5 Å². The fourth-order valence-corrected chi connectivity index (χ4v) is 4.26. The van der Waals surface area contributed by atoms with Crippen LogP contribution < -0.4 is 10.6 Å². The lowest BCUT2D eigenvalue weighted by atomic mass is 9.98. The third-order valence-corrected chi connectivity index (χ3v) is 5.85. The Balaban J connectivity index is 2.49. The number of amides is 3. The van der Waals surface area contributed by atoms with Gasteiger partial charge in [-0.25, -0.2) is 4.79 Å². The minimum Gasteiger partial charge on any atom is -0.444 e. The molecule has 0 aliphatic carbocycles. The Morgan fingerprint density at radius 1 is 0.946 bits per heavy atom. The number of rotatable bonds is 10. The molecule has 2 aromatic carbocycles. The van der Waals surface area contributed by atoms with Crippen molar-refractivity contribution >= 4 is 23.6 Å². The number of nitrogens with zero attached hydrogens (tertiary/aromatic N) is 1. The van der Waals surface area contributed by atoms with Crippen LogP contribution in [-0.2, 0) is 14.3 Å². The molecule has 2 rings (SSSR count). The van der Waals surface area contributed by atoms with E-state index in [9.17, 15) is 14.4 Å². The second kappa shape index (κ2) is 13.3. The SMILES string of the molecule is CCCN(C(=O)C(CC(C)C)NC(=O)OC(C)(C)C)C(C(=O)Nc1c(C)cccc1C)c1ccccc1. The van der Waals surface area contributed by atoms with Crippen LogP contribution in [0.3, 0.4) is 0 Å². The number of nitrogens with one attached hydrogen (secondary N) is 2. The lowest BCUT2D eigenvalue weighted by Crippen LogP contribution is -2.53. The number of ether oxygens (including phenoxy) is 1. The van der Waals surface area contributed by atoms with Crippen molar-refractivity contribution in [3.05, 3.63) is 65.2 Å². The molecule has 2 N–H and O–H groups in total. The number of hydrogen-bond acceptors (Lipinski definition) is 4. The molecule has 0 saturated heterocycles. The van der Waals surface area contributed by atoms with Gasteiger partial charge in [-0.15, -0.1) is 0 Å². The van der Waals surface area contributed by atoms with Gasteiger partial charge in [-0.2, -0.15) is 0 Å². The molecule has 202 valence electrons. The largest absolute Gasteiger partial charge is 0.444 e. The average Bonchev–Trinajstić information content (AvgIpc) is 2.79. The highest BCUT2D eigenvalue weighted by Crippen LogP contribution is 2.27. The van der Waals surface area contributed by atoms with Crippen molar-refractivity contribution in [3.8, 4) is 0 Å². The van der Waals surface area contributed by atoms with E-state index in [-0.39, 0.29) is 17.7 Å². The van der Waals surface area contributed by atoms with E-state index >= 15 is 0 Å². The first-order valence-corrected chi connectivity index (χ1v) is 13.1. The van der Waals surface area contributed by atoms with Crippen LogP contribution in [0.5, 0.6) is 0 Å². The fourth-order valence-electron chi connectivity index (χ4n) is 4.26. The predicted molar refractivity (Wildman–Crippen MR) is 148 cm³/mol. The van der Waals surface area contributed by atoms with Crippen LogP contribution in [-0.4, -0.2) is 41.0 Å². The zero-order valence-electron chi connectivity index (χ0n) is 23.6. The van der Waals surface area contributed by atoms with Gasteiger partial charge in [-0.3, -0.25) is 9.59 Å². The lowest BCUT2D eigenvalue weighted by Gasteiger charge is -2.35. The molecule has 7 nitrogen and oxygen atoms in total. The van der Waals surface area contributed by atoms with Gasteiger partial charge in [0, 0.05) is 12.2 Å². The lowest BCUT2D eigenvalue weighted by molar-refractivity contribution is -0.141. The molecule has 2 aromatic rings. The molecule has 2 atom stereocenters. The van der Waals surface area contributed by atoms with Gasteiger partial charge in [-0.05, 0) is 70.1 Å². The van der Waals surface area contributed by atoms with E-state index in [4.69, 9.17) is 4.74 Å². The van der Waals surface area contributed by atoms with Gasteiger partial charge in [0.1, 0.15) is 17.7 Å². The summed E-state index contributed by atoms with van der Waals surface area (Å²) in [5, 5.41) is 5.85. The summed E-state index contributed by atoms with van der Waals surface area (Å²) in [5.74, 6) is -0.483. The van der Waals surface area contributed by atoms with Gasteiger partial charge in [0.2, 0.25) is 5.91 Å². The number of hydrogen-bond donors (Lipinski definition) is 2. The van der Waals surface area contributed by atoms with Gasteiger partial charge in [-0.1, -0.05) is 69.3 Å². The van der Waals surface area contributed by atoms with Crippen LogP contribution >= 0.6 is 0 Å². The average molecular weight is 510 g/mol. The fraction of sp³-hybridized carbons (Fsp3) is 0.500. The third-order valence-electron chi connectivity index (χ3n) is 5.85. The predicted octanol–water partition coefficient (Wildman–Crippen LogP) is 6.16. The molecule has 0 spiro atoms. The summed E-state index contributed by atoms with van der Waals surface area (Å²) in [6.45, 7) is 15.5. The molecule has 0 radical (unpaired) electrons. The van der Waals surface area contributed by atoms with Crippen LogP contribution in [0.1, 0.15) is 77.1 Å². The molecule has 0 saturated carbocycles. The number of carbonyl (C=O) groups excluding carboxylic acids is 3. The molecule has 3 amide bonds. The Morgan fingerprint density at radius 3 is 2.05 bits per heavy atom. The normalized spacial score (nSPS) is 13.0. The van der Waals surface area contributed by atoms with E-state index in [1.807, 2.05) is 83.1 Å². The van der Waals surface area contributed by atoms with E-state index in [2.05, 4.69) is 10.6 Å². The summed E-state index contributed by atoms with van der Waals surface area (Å²) in [5.41, 5.74) is 2.63. The van der Waals surface area contributed by atoms with Crippen LogP contribution in [0.2, 0.25) is 0 Å². The van der Waals surface area contributed by atoms with Gasteiger partial charge in [0.25, 0.3) is 5.91 Å². The Morgan fingerprint density at radius 2 is 1.54 bits per heavy atom. The minimum atomic E-state index is -0.872. The zero-order valence-corrected chi connectivity index (χ0v) is 23.6. The molecule has 2 unspecified atom stereocenters. The first-order valence-electron chi connectivity index (χ1n) is 13.1. The van der Waals surface area contributed by atoms with Gasteiger partial charge >= 0.3 is 6.09 Å². The Bertz CT molecular complexity index is 1040. The highest BCUT2D eigenvalue weighted by Gasteiger charge is 2.36. The molecule has 0 aromatic heterocycles. The summed E-state index contributed by atoms with van der Waals surface area (Å²) in [4.78, 5) is 42.2. The highest BCUT2D eigenvalue weighted by molar-refractivity contribution is 5.99. The number of aryl methyl sites for hydroxylation is 2. The third kappa shape index (κ3) is 8.92. The smallest absolute Gasteiger partial charge is 0.408 e. The summed E-state index contributed by atoms with van der Waals surface area (Å²) in [6, 6.07) is 13.4. The second-order valence-electron chi connectivity index (χ2n) is 10.9. The monoisotopic (exact) mass is 509 g/mol. The van der Waals surface area contributed by atoms with Crippen molar-refractivity contribution < 1.29 is 19.1 Å². The number of para-hydroxylation sites is 1. The van der Waals surface area contributed by atoms with Crippen molar-refractivity contribution in [2.45, 2.75) is 85.9 Å². The maximum atomic E-state index is 14.1. The second-order valence-corrected chi connectivity index (χ2v) is 10.9.